The molecule has 0 aliphatic carbocycles. The predicted octanol–water partition coefficient (Wildman–Crippen LogP) is 3.44. The van der Waals surface area contributed by atoms with Crippen molar-refractivity contribution in [3.63, 3.8) is 0 Å². The lowest BCUT2D eigenvalue weighted by molar-refractivity contribution is 0.262. The van der Waals surface area contributed by atoms with Crippen LogP contribution in [0.5, 0.6) is 17.2 Å². The maximum Gasteiger partial charge on any atom is 0.203 e. The van der Waals surface area contributed by atoms with Crippen LogP contribution in [0, 0.1) is 0 Å². The van der Waals surface area contributed by atoms with Crippen molar-refractivity contribution in [3.8, 4) is 17.2 Å². The Balaban J connectivity index is 2.16. The van der Waals surface area contributed by atoms with Crippen molar-refractivity contribution < 1.29 is 14.2 Å². The summed E-state index contributed by atoms with van der Waals surface area (Å²) in [6, 6.07) is 9.32. The minimum atomic E-state index is 0.351. The second kappa shape index (κ2) is 6.43. The molecule has 0 aliphatic rings. The van der Waals surface area contributed by atoms with E-state index in [1.54, 1.807) is 20.4 Å². The average Bonchev–Trinajstić information content (AvgIpc) is 2.46. The number of hydrogen-bond acceptors (Lipinski definition) is 4. The lowest BCUT2D eigenvalue weighted by Gasteiger charge is -2.13. The van der Waals surface area contributed by atoms with Gasteiger partial charge < -0.3 is 14.2 Å². The highest BCUT2D eigenvalue weighted by Gasteiger charge is 2.11. The summed E-state index contributed by atoms with van der Waals surface area (Å²) in [6.45, 7) is 0.351. The summed E-state index contributed by atoms with van der Waals surface area (Å²) in [5.74, 6) is 1.85. The fourth-order valence-electron chi connectivity index (χ4n) is 1.60. The average molecular weight is 324 g/mol. The van der Waals surface area contributed by atoms with Crippen LogP contribution in [0.15, 0.2) is 41.0 Å². The molecule has 4 nitrogen and oxygen atoms in total. The quantitative estimate of drug-likeness (QED) is 0.845. The Hall–Kier alpha value is -1.75. The first kappa shape index (κ1) is 13.7. The Morgan fingerprint density at radius 1 is 1.05 bits per heavy atom. The van der Waals surface area contributed by atoms with Crippen LogP contribution in [-0.2, 0) is 6.61 Å². The maximum atomic E-state index is 5.75. The number of methoxy groups -OCH3 is 2. The summed E-state index contributed by atoms with van der Waals surface area (Å²) in [6.07, 6.45) is 1.73. The normalized spacial score (nSPS) is 10.1. The molecule has 100 valence electrons. The van der Waals surface area contributed by atoms with Crippen molar-refractivity contribution in [2.24, 2.45) is 0 Å². The molecule has 0 radical (unpaired) electrons. The molecule has 2 rings (SSSR count). The number of pyridine rings is 1. The molecule has 19 heavy (non-hydrogen) atoms. The van der Waals surface area contributed by atoms with Crippen LogP contribution in [0.4, 0.5) is 0 Å². The first-order valence-corrected chi connectivity index (χ1v) is 6.48. The third-order valence-electron chi connectivity index (χ3n) is 2.54. The van der Waals surface area contributed by atoms with E-state index >= 15 is 0 Å². The monoisotopic (exact) mass is 323 g/mol. The lowest BCUT2D eigenvalue weighted by atomic mass is 10.3. The second-order valence-corrected chi connectivity index (χ2v) is 4.66. The smallest absolute Gasteiger partial charge is 0.203 e. The zero-order chi connectivity index (χ0) is 13.7. The van der Waals surface area contributed by atoms with Crippen LogP contribution in [0.25, 0.3) is 0 Å². The SMILES string of the molecule is COc1cccc(OC)c1OCc1ccc(Br)cn1. The highest BCUT2D eigenvalue weighted by atomic mass is 79.9. The third kappa shape index (κ3) is 3.38. The van der Waals surface area contributed by atoms with E-state index < -0.39 is 0 Å². The fraction of sp³-hybridized carbons (Fsp3) is 0.214. The number of aromatic nitrogens is 1. The number of hydrogen-bond donors (Lipinski definition) is 0. The predicted molar refractivity (Wildman–Crippen MR) is 75.8 cm³/mol. The minimum Gasteiger partial charge on any atom is -0.493 e. The van der Waals surface area contributed by atoms with Gasteiger partial charge in [-0.2, -0.15) is 0 Å². The topological polar surface area (TPSA) is 40.6 Å². The molecule has 1 heterocycles. The van der Waals surface area contributed by atoms with Gasteiger partial charge >= 0.3 is 0 Å². The van der Waals surface area contributed by atoms with Crippen molar-refractivity contribution in [3.05, 3.63) is 46.7 Å². The van der Waals surface area contributed by atoms with Gasteiger partial charge in [-0.15, -0.1) is 0 Å². The first-order valence-electron chi connectivity index (χ1n) is 5.69. The van der Waals surface area contributed by atoms with Gasteiger partial charge in [0, 0.05) is 10.7 Å². The molecule has 0 unspecified atom stereocenters. The number of benzene rings is 1. The van der Waals surface area contributed by atoms with Crippen LogP contribution in [0.2, 0.25) is 0 Å². The van der Waals surface area contributed by atoms with Gasteiger partial charge in [-0.1, -0.05) is 6.07 Å². The molecular formula is C14H14BrNO3. The van der Waals surface area contributed by atoms with Crippen LogP contribution >= 0.6 is 15.9 Å². The van der Waals surface area contributed by atoms with E-state index in [0.717, 1.165) is 10.2 Å². The van der Waals surface area contributed by atoms with Gasteiger partial charge in [0.2, 0.25) is 5.75 Å². The summed E-state index contributed by atoms with van der Waals surface area (Å²) >= 11 is 3.34. The number of para-hydroxylation sites is 1. The van der Waals surface area contributed by atoms with Crippen molar-refractivity contribution >= 4 is 15.9 Å². The molecular weight excluding hydrogens is 310 g/mol. The van der Waals surface area contributed by atoms with Crippen molar-refractivity contribution in [2.45, 2.75) is 6.61 Å². The molecule has 0 atom stereocenters. The molecule has 0 fully saturated rings. The molecule has 2 aromatic rings. The van der Waals surface area contributed by atoms with Gasteiger partial charge in [0.1, 0.15) is 6.61 Å². The minimum absolute atomic E-state index is 0.351. The van der Waals surface area contributed by atoms with E-state index in [1.165, 1.54) is 0 Å². The van der Waals surface area contributed by atoms with E-state index in [2.05, 4.69) is 20.9 Å². The molecule has 0 aliphatic heterocycles. The Labute approximate surface area is 120 Å². The molecule has 1 aromatic heterocycles. The molecule has 5 heteroatoms. The second-order valence-electron chi connectivity index (χ2n) is 3.75. The zero-order valence-corrected chi connectivity index (χ0v) is 12.3. The summed E-state index contributed by atoms with van der Waals surface area (Å²) in [5, 5.41) is 0. The Morgan fingerprint density at radius 2 is 1.74 bits per heavy atom. The molecule has 0 amide bonds. The van der Waals surface area contributed by atoms with E-state index in [1.807, 2.05) is 30.3 Å². The van der Waals surface area contributed by atoms with E-state index in [4.69, 9.17) is 14.2 Å². The standard InChI is InChI=1S/C14H14BrNO3/c1-17-12-4-3-5-13(18-2)14(12)19-9-11-7-6-10(15)8-16-11/h3-8H,9H2,1-2H3. The van der Waals surface area contributed by atoms with Gasteiger partial charge in [-0.05, 0) is 40.2 Å². The molecule has 0 saturated heterocycles. The van der Waals surface area contributed by atoms with Gasteiger partial charge in [0.15, 0.2) is 11.5 Å². The van der Waals surface area contributed by atoms with Crippen molar-refractivity contribution in [1.82, 2.24) is 4.98 Å². The largest absolute Gasteiger partial charge is 0.493 e. The zero-order valence-electron chi connectivity index (χ0n) is 10.7. The van der Waals surface area contributed by atoms with Crippen molar-refractivity contribution in [1.29, 1.82) is 0 Å². The number of ether oxygens (including phenoxy) is 3. The van der Waals surface area contributed by atoms with E-state index in [-0.39, 0.29) is 0 Å². The molecule has 0 N–H and O–H groups in total. The van der Waals surface area contributed by atoms with Gasteiger partial charge in [-0.3, -0.25) is 4.98 Å². The van der Waals surface area contributed by atoms with Crippen LogP contribution in [0.3, 0.4) is 0 Å². The Bertz CT molecular complexity index is 521. The van der Waals surface area contributed by atoms with Gasteiger partial charge in [0.25, 0.3) is 0 Å². The van der Waals surface area contributed by atoms with Gasteiger partial charge in [0.05, 0.1) is 19.9 Å². The highest BCUT2D eigenvalue weighted by molar-refractivity contribution is 9.10. The van der Waals surface area contributed by atoms with E-state index in [9.17, 15) is 0 Å². The summed E-state index contributed by atoms with van der Waals surface area (Å²) in [4.78, 5) is 4.25. The first-order chi connectivity index (χ1) is 9.24. The third-order valence-corrected chi connectivity index (χ3v) is 3.00. The maximum absolute atomic E-state index is 5.75. The van der Waals surface area contributed by atoms with Crippen LogP contribution < -0.4 is 14.2 Å². The fourth-order valence-corrected chi connectivity index (χ4v) is 1.83. The van der Waals surface area contributed by atoms with Crippen LogP contribution in [0.1, 0.15) is 5.69 Å². The van der Waals surface area contributed by atoms with Gasteiger partial charge in [-0.25, -0.2) is 0 Å². The molecule has 0 saturated carbocycles. The Morgan fingerprint density at radius 3 is 2.26 bits per heavy atom. The molecule has 0 spiro atoms. The molecule has 0 bridgehead atoms. The Kier molecular flexibility index (Phi) is 4.63. The lowest BCUT2D eigenvalue weighted by Crippen LogP contribution is -2.01. The number of halogens is 1. The van der Waals surface area contributed by atoms with Crippen LogP contribution in [-0.4, -0.2) is 19.2 Å². The molecule has 1 aromatic carbocycles. The summed E-state index contributed by atoms with van der Waals surface area (Å²) in [7, 11) is 3.19. The summed E-state index contributed by atoms with van der Waals surface area (Å²) < 4.78 is 17.2. The summed E-state index contributed by atoms with van der Waals surface area (Å²) in [5.41, 5.74) is 0.830. The van der Waals surface area contributed by atoms with Crippen molar-refractivity contribution in [2.75, 3.05) is 14.2 Å². The highest BCUT2D eigenvalue weighted by Crippen LogP contribution is 2.37. The number of nitrogens with zero attached hydrogens (tertiary/aromatic N) is 1. The van der Waals surface area contributed by atoms with E-state index in [0.29, 0.717) is 23.9 Å². The number of rotatable bonds is 5.